The predicted octanol–water partition coefficient (Wildman–Crippen LogP) is 2.19. The number of amides is 1. The molecule has 6 heteroatoms. The Morgan fingerprint density at radius 2 is 2.08 bits per heavy atom. The summed E-state index contributed by atoms with van der Waals surface area (Å²) in [4.78, 5) is 20.9. The number of rotatable bonds is 6. The third-order valence-electron chi connectivity index (χ3n) is 4.87. The van der Waals surface area contributed by atoms with Crippen LogP contribution in [0, 0.1) is 0 Å². The first-order valence-corrected chi connectivity index (χ1v) is 8.75. The molecule has 1 saturated heterocycles. The van der Waals surface area contributed by atoms with Gasteiger partial charge in [-0.15, -0.1) is 0 Å². The normalized spacial score (nSPS) is 18.3. The summed E-state index contributed by atoms with van der Waals surface area (Å²) in [6.45, 7) is 3.27. The second-order valence-electron chi connectivity index (χ2n) is 6.51. The van der Waals surface area contributed by atoms with E-state index < -0.39 is 0 Å². The number of likely N-dealkylation sites (N-methyl/N-ethyl adjacent to an activating group) is 1. The number of aryl methyl sites for hydroxylation is 1. The van der Waals surface area contributed by atoms with Gasteiger partial charge in [0.05, 0.1) is 19.5 Å². The predicted molar refractivity (Wildman–Crippen MR) is 96.4 cm³/mol. The van der Waals surface area contributed by atoms with E-state index >= 15 is 0 Å². The van der Waals surface area contributed by atoms with E-state index in [-0.39, 0.29) is 11.9 Å². The fourth-order valence-corrected chi connectivity index (χ4v) is 3.28. The van der Waals surface area contributed by atoms with E-state index in [9.17, 15) is 4.79 Å². The summed E-state index contributed by atoms with van der Waals surface area (Å²) in [7, 11) is 3.79. The first-order valence-electron chi connectivity index (χ1n) is 8.75. The van der Waals surface area contributed by atoms with E-state index in [4.69, 9.17) is 4.74 Å². The molecule has 1 fully saturated rings. The number of carbonyl (C=O) groups is 1. The number of ether oxygens (including phenoxy) is 1. The lowest BCUT2D eigenvalue weighted by atomic mass is 10.0. The number of hydrogen-bond acceptors (Lipinski definition) is 4. The molecule has 1 aliphatic heterocycles. The molecule has 0 aliphatic carbocycles. The van der Waals surface area contributed by atoms with Crippen molar-refractivity contribution in [2.75, 3.05) is 33.8 Å². The standard InChI is InChI=1S/C19H26N4O2/c1-21-12-13-23(19(24)4-3-10-22-11-9-20-15-22)14-18(21)16-5-7-17(25-2)8-6-16/h5-9,11,15,18H,3-4,10,12-14H2,1-2H3/t18-/m0/s1. The summed E-state index contributed by atoms with van der Waals surface area (Å²) in [6, 6.07) is 8.38. The molecule has 134 valence electrons. The van der Waals surface area contributed by atoms with Gasteiger partial charge in [-0.1, -0.05) is 12.1 Å². The molecule has 0 N–H and O–H groups in total. The number of imidazole rings is 1. The van der Waals surface area contributed by atoms with Gasteiger partial charge in [0, 0.05) is 45.0 Å². The van der Waals surface area contributed by atoms with Gasteiger partial charge in [0.15, 0.2) is 0 Å². The van der Waals surface area contributed by atoms with Gasteiger partial charge in [-0.25, -0.2) is 4.98 Å². The highest BCUT2D eigenvalue weighted by Crippen LogP contribution is 2.26. The molecule has 1 atom stereocenters. The second kappa shape index (κ2) is 8.16. The summed E-state index contributed by atoms with van der Waals surface area (Å²) in [6.07, 6.45) is 6.91. The van der Waals surface area contributed by atoms with Crippen LogP contribution in [0.2, 0.25) is 0 Å². The average Bonchev–Trinajstić information content (AvgIpc) is 3.15. The maximum absolute atomic E-state index is 12.6. The second-order valence-corrected chi connectivity index (χ2v) is 6.51. The van der Waals surface area contributed by atoms with Crippen molar-refractivity contribution >= 4 is 5.91 Å². The Hall–Kier alpha value is -2.34. The minimum absolute atomic E-state index is 0.234. The SMILES string of the molecule is COc1ccc([C@@H]2CN(C(=O)CCCn3ccnc3)CCN2C)cc1. The first-order chi connectivity index (χ1) is 12.2. The molecule has 0 saturated carbocycles. The molecule has 1 aliphatic rings. The van der Waals surface area contributed by atoms with E-state index in [0.29, 0.717) is 6.42 Å². The van der Waals surface area contributed by atoms with Crippen LogP contribution in [0.1, 0.15) is 24.4 Å². The number of carbonyl (C=O) groups excluding carboxylic acids is 1. The van der Waals surface area contributed by atoms with Crippen LogP contribution < -0.4 is 4.74 Å². The van der Waals surface area contributed by atoms with Gasteiger partial charge in [0.1, 0.15) is 5.75 Å². The molecule has 2 aromatic rings. The van der Waals surface area contributed by atoms with Gasteiger partial charge in [-0.2, -0.15) is 0 Å². The molecule has 0 spiro atoms. The van der Waals surface area contributed by atoms with Gasteiger partial charge >= 0.3 is 0 Å². The van der Waals surface area contributed by atoms with Crippen LogP contribution >= 0.6 is 0 Å². The Bertz CT molecular complexity index is 669. The molecular weight excluding hydrogens is 316 g/mol. The van der Waals surface area contributed by atoms with Gasteiger partial charge < -0.3 is 14.2 Å². The lowest BCUT2D eigenvalue weighted by molar-refractivity contribution is -0.134. The smallest absolute Gasteiger partial charge is 0.222 e. The average molecular weight is 342 g/mol. The highest BCUT2D eigenvalue weighted by atomic mass is 16.5. The van der Waals surface area contributed by atoms with Crippen LogP contribution in [0.3, 0.4) is 0 Å². The quantitative estimate of drug-likeness (QED) is 0.807. The monoisotopic (exact) mass is 342 g/mol. The largest absolute Gasteiger partial charge is 0.497 e. The number of methoxy groups -OCH3 is 1. The Kier molecular flexibility index (Phi) is 5.71. The zero-order chi connectivity index (χ0) is 17.6. The van der Waals surface area contributed by atoms with E-state index in [1.54, 1.807) is 19.6 Å². The first kappa shape index (κ1) is 17.5. The zero-order valence-electron chi connectivity index (χ0n) is 15.0. The van der Waals surface area contributed by atoms with Gasteiger partial charge in [0.2, 0.25) is 5.91 Å². The Morgan fingerprint density at radius 3 is 2.76 bits per heavy atom. The third-order valence-corrected chi connectivity index (χ3v) is 4.87. The summed E-state index contributed by atoms with van der Waals surface area (Å²) in [5, 5.41) is 0. The van der Waals surface area contributed by atoms with E-state index in [0.717, 1.165) is 38.3 Å². The highest BCUT2D eigenvalue weighted by Gasteiger charge is 2.28. The fourth-order valence-electron chi connectivity index (χ4n) is 3.28. The highest BCUT2D eigenvalue weighted by molar-refractivity contribution is 5.76. The van der Waals surface area contributed by atoms with Crippen LogP contribution in [-0.4, -0.2) is 59.0 Å². The van der Waals surface area contributed by atoms with Crippen LogP contribution in [0.4, 0.5) is 0 Å². The minimum atomic E-state index is 0.234. The number of hydrogen-bond donors (Lipinski definition) is 0. The van der Waals surface area contributed by atoms with Crippen molar-refractivity contribution in [1.29, 1.82) is 0 Å². The number of benzene rings is 1. The topological polar surface area (TPSA) is 50.6 Å². The zero-order valence-corrected chi connectivity index (χ0v) is 15.0. The Balaban J connectivity index is 1.56. The fraction of sp³-hybridized carbons (Fsp3) is 0.474. The summed E-state index contributed by atoms with van der Waals surface area (Å²) >= 11 is 0. The van der Waals surface area contributed by atoms with Crippen molar-refractivity contribution in [3.63, 3.8) is 0 Å². The summed E-state index contributed by atoms with van der Waals surface area (Å²) < 4.78 is 7.24. The number of nitrogens with zero attached hydrogens (tertiary/aromatic N) is 4. The van der Waals surface area contributed by atoms with Crippen LogP contribution in [0.25, 0.3) is 0 Å². The number of aromatic nitrogens is 2. The molecule has 0 bridgehead atoms. The molecule has 6 nitrogen and oxygen atoms in total. The van der Waals surface area contributed by atoms with E-state index in [1.807, 2.05) is 27.8 Å². The van der Waals surface area contributed by atoms with Crippen molar-refractivity contribution in [3.8, 4) is 5.75 Å². The van der Waals surface area contributed by atoms with Crippen molar-refractivity contribution < 1.29 is 9.53 Å². The lowest BCUT2D eigenvalue weighted by Gasteiger charge is -2.39. The van der Waals surface area contributed by atoms with Crippen LogP contribution in [-0.2, 0) is 11.3 Å². The molecule has 1 aromatic heterocycles. The van der Waals surface area contributed by atoms with Crippen molar-refractivity contribution in [1.82, 2.24) is 19.4 Å². The molecule has 1 amide bonds. The summed E-state index contributed by atoms with van der Waals surface area (Å²) in [5.41, 5.74) is 1.22. The van der Waals surface area contributed by atoms with E-state index in [1.165, 1.54) is 5.56 Å². The molecule has 2 heterocycles. The Morgan fingerprint density at radius 1 is 1.28 bits per heavy atom. The maximum atomic E-state index is 12.6. The van der Waals surface area contributed by atoms with Crippen molar-refractivity contribution in [2.45, 2.75) is 25.4 Å². The van der Waals surface area contributed by atoms with Gasteiger partial charge in [-0.05, 0) is 31.2 Å². The summed E-state index contributed by atoms with van der Waals surface area (Å²) in [5.74, 6) is 1.10. The third kappa shape index (κ3) is 4.39. The molecule has 3 rings (SSSR count). The van der Waals surface area contributed by atoms with Gasteiger partial charge in [0.25, 0.3) is 0 Å². The number of piperazine rings is 1. The van der Waals surface area contributed by atoms with Gasteiger partial charge in [-0.3, -0.25) is 9.69 Å². The van der Waals surface area contributed by atoms with Crippen LogP contribution in [0.15, 0.2) is 43.0 Å². The molecule has 1 aromatic carbocycles. The molecule has 0 radical (unpaired) electrons. The van der Waals surface area contributed by atoms with E-state index in [2.05, 4.69) is 29.1 Å². The minimum Gasteiger partial charge on any atom is -0.497 e. The Labute approximate surface area is 149 Å². The van der Waals surface area contributed by atoms with Crippen molar-refractivity contribution in [3.05, 3.63) is 48.5 Å². The molecule has 25 heavy (non-hydrogen) atoms. The molecule has 0 unspecified atom stereocenters. The maximum Gasteiger partial charge on any atom is 0.222 e. The lowest BCUT2D eigenvalue weighted by Crippen LogP contribution is -2.49. The van der Waals surface area contributed by atoms with Crippen molar-refractivity contribution in [2.24, 2.45) is 0 Å². The molecular formula is C19H26N4O2. The van der Waals surface area contributed by atoms with Crippen LogP contribution in [0.5, 0.6) is 5.75 Å².